The van der Waals surface area contributed by atoms with E-state index in [1.165, 1.54) is 27.8 Å². The van der Waals surface area contributed by atoms with Crippen LogP contribution in [0.1, 0.15) is 48.6 Å². The molecule has 0 spiro atoms. The van der Waals surface area contributed by atoms with Crippen LogP contribution in [-0.2, 0) is 11.2 Å². The van der Waals surface area contributed by atoms with E-state index in [9.17, 15) is 9.18 Å². The van der Waals surface area contributed by atoms with Crippen molar-refractivity contribution in [3.63, 3.8) is 0 Å². The molecule has 0 fully saturated rings. The standard InChI is InChI=1S/C26H28FNO2/c1-17(15-27)16-28-18(2)13-23-22-6-4-3-5-21(22)14-24(23)26(28)20-10-7-19(8-11-20)9-12-25(29)30/h3-12,17-18,26H,13-16H2,1-2H3,(H,29,30)/b12-9+/t17-,18-,26-/m1/s1. The summed E-state index contributed by atoms with van der Waals surface area (Å²) in [6.45, 7) is 4.61. The van der Waals surface area contributed by atoms with Gasteiger partial charge in [0.2, 0.25) is 0 Å². The summed E-state index contributed by atoms with van der Waals surface area (Å²) in [6, 6.07) is 17.2. The number of nitrogens with zero attached hydrogens (tertiary/aromatic N) is 1. The van der Waals surface area contributed by atoms with Crippen molar-refractivity contribution in [1.29, 1.82) is 0 Å². The van der Waals surface area contributed by atoms with Crippen LogP contribution in [0.3, 0.4) is 0 Å². The van der Waals surface area contributed by atoms with E-state index in [-0.39, 0.29) is 18.6 Å². The van der Waals surface area contributed by atoms with E-state index in [0.717, 1.165) is 31.0 Å². The van der Waals surface area contributed by atoms with Crippen molar-refractivity contribution < 1.29 is 14.3 Å². The van der Waals surface area contributed by atoms with Gasteiger partial charge in [-0.2, -0.15) is 0 Å². The number of alkyl halides is 1. The fourth-order valence-electron chi connectivity index (χ4n) is 4.87. The fraction of sp³-hybridized carbons (Fsp3) is 0.346. The number of hydrogen-bond acceptors (Lipinski definition) is 2. The van der Waals surface area contributed by atoms with Gasteiger partial charge < -0.3 is 5.11 Å². The van der Waals surface area contributed by atoms with Crippen molar-refractivity contribution in [2.45, 2.75) is 38.8 Å². The van der Waals surface area contributed by atoms with E-state index in [4.69, 9.17) is 5.11 Å². The van der Waals surface area contributed by atoms with Gasteiger partial charge in [-0.15, -0.1) is 0 Å². The predicted octanol–water partition coefficient (Wildman–Crippen LogP) is 5.54. The first-order valence-corrected chi connectivity index (χ1v) is 10.6. The lowest BCUT2D eigenvalue weighted by atomic mass is 9.84. The summed E-state index contributed by atoms with van der Waals surface area (Å²) in [5, 5.41) is 8.86. The molecular formula is C26H28FNO2. The Labute approximate surface area is 177 Å². The van der Waals surface area contributed by atoms with Gasteiger partial charge in [-0.3, -0.25) is 9.29 Å². The molecule has 156 valence electrons. The summed E-state index contributed by atoms with van der Waals surface area (Å²) in [5.74, 6) is -0.969. The molecule has 2 aromatic carbocycles. The molecule has 3 atom stereocenters. The van der Waals surface area contributed by atoms with Crippen LogP contribution < -0.4 is 0 Å². The van der Waals surface area contributed by atoms with Gasteiger partial charge in [0, 0.05) is 18.7 Å². The average molecular weight is 406 g/mol. The maximum atomic E-state index is 13.4. The lowest BCUT2D eigenvalue weighted by Crippen LogP contribution is -2.43. The second-order valence-corrected chi connectivity index (χ2v) is 8.59. The first-order valence-electron chi connectivity index (χ1n) is 10.6. The molecule has 0 saturated heterocycles. The lowest BCUT2D eigenvalue weighted by molar-refractivity contribution is -0.131. The predicted molar refractivity (Wildman–Crippen MR) is 119 cm³/mol. The van der Waals surface area contributed by atoms with Gasteiger partial charge in [0.1, 0.15) is 0 Å². The quantitative estimate of drug-likeness (QED) is 0.642. The SMILES string of the molecule is C[C@H](CF)CN1[C@H](C)CC2=C(Cc3ccccc32)[C@H]1c1ccc(/C=C/C(=O)O)cc1. The van der Waals surface area contributed by atoms with E-state index in [1.807, 2.05) is 19.1 Å². The molecule has 0 amide bonds. The Morgan fingerprint density at radius 2 is 1.97 bits per heavy atom. The average Bonchev–Trinajstić information content (AvgIpc) is 3.11. The Bertz CT molecular complexity index is 992. The number of halogens is 1. The smallest absolute Gasteiger partial charge is 0.328 e. The minimum Gasteiger partial charge on any atom is -0.478 e. The van der Waals surface area contributed by atoms with E-state index >= 15 is 0 Å². The van der Waals surface area contributed by atoms with Gasteiger partial charge in [0.15, 0.2) is 0 Å². The zero-order valence-corrected chi connectivity index (χ0v) is 17.5. The summed E-state index contributed by atoms with van der Waals surface area (Å²) < 4.78 is 13.4. The Kier molecular flexibility index (Phi) is 5.87. The van der Waals surface area contributed by atoms with Crippen LogP contribution in [0, 0.1) is 5.92 Å². The van der Waals surface area contributed by atoms with E-state index < -0.39 is 5.97 Å². The topological polar surface area (TPSA) is 40.5 Å². The van der Waals surface area contributed by atoms with Gasteiger partial charge in [-0.1, -0.05) is 55.5 Å². The highest BCUT2D eigenvalue weighted by Crippen LogP contribution is 2.48. The van der Waals surface area contributed by atoms with Crippen LogP contribution in [0.4, 0.5) is 4.39 Å². The molecule has 30 heavy (non-hydrogen) atoms. The highest BCUT2D eigenvalue weighted by molar-refractivity contribution is 5.85. The first-order chi connectivity index (χ1) is 14.5. The van der Waals surface area contributed by atoms with Gasteiger partial charge in [0.25, 0.3) is 0 Å². The van der Waals surface area contributed by atoms with Crippen LogP contribution in [0.2, 0.25) is 0 Å². The first kappa shape index (κ1) is 20.5. The van der Waals surface area contributed by atoms with Crippen LogP contribution in [0.25, 0.3) is 11.6 Å². The molecule has 2 aliphatic rings. The lowest BCUT2D eigenvalue weighted by Gasteiger charge is -2.43. The third kappa shape index (κ3) is 3.97. The van der Waals surface area contributed by atoms with Gasteiger partial charge in [-0.05, 0) is 65.2 Å². The second-order valence-electron chi connectivity index (χ2n) is 8.59. The number of fused-ring (bicyclic) bond motifs is 2. The molecule has 3 nitrogen and oxygen atoms in total. The maximum absolute atomic E-state index is 13.4. The number of rotatable bonds is 6. The molecule has 0 unspecified atom stereocenters. The van der Waals surface area contributed by atoms with Crippen LogP contribution >= 0.6 is 0 Å². The number of carbonyl (C=O) groups is 1. The zero-order valence-electron chi connectivity index (χ0n) is 17.5. The zero-order chi connectivity index (χ0) is 21.3. The number of hydrogen-bond donors (Lipinski definition) is 1. The summed E-state index contributed by atoms with van der Waals surface area (Å²) in [5.41, 5.74) is 7.65. The molecule has 1 aliphatic heterocycles. The molecule has 4 rings (SSSR count). The maximum Gasteiger partial charge on any atom is 0.328 e. The highest BCUT2D eigenvalue weighted by atomic mass is 19.1. The Morgan fingerprint density at radius 3 is 2.67 bits per heavy atom. The molecule has 2 aromatic rings. The highest BCUT2D eigenvalue weighted by Gasteiger charge is 2.38. The van der Waals surface area contributed by atoms with E-state index in [0.29, 0.717) is 6.04 Å². The molecule has 0 bridgehead atoms. The Hall–Kier alpha value is -2.72. The minimum absolute atomic E-state index is 0.0151. The number of carboxylic acids is 1. The Balaban J connectivity index is 1.74. The van der Waals surface area contributed by atoms with Crippen molar-refractivity contribution in [2.75, 3.05) is 13.2 Å². The molecule has 0 aromatic heterocycles. The minimum atomic E-state index is -0.954. The van der Waals surface area contributed by atoms with E-state index in [2.05, 4.69) is 48.2 Å². The number of carboxylic acid groups (broad SMARTS) is 1. The molecule has 0 radical (unpaired) electrons. The summed E-state index contributed by atoms with van der Waals surface area (Å²) in [4.78, 5) is 13.3. The summed E-state index contributed by atoms with van der Waals surface area (Å²) in [6.07, 6.45) is 4.68. The molecule has 1 aliphatic carbocycles. The normalized spacial score (nSPS) is 22.2. The fourth-order valence-corrected chi connectivity index (χ4v) is 4.87. The number of benzene rings is 2. The largest absolute Gasteiger partial charge is 0.478 e. The molecular weight excluding hydrogens is 377 g/mol. The molecule has 0 saturated carbocycles. The molecule has 1 heterocycles. The van der Waals surface area contributed by atoms with Crippen molar-refractivity contribution in [1.82, 2.24) is 4.90 Å². The molecule has 1 N–H and O–H groups in total. The van der Waals surface area contributed by atoms with Crippen molar-refractivity contribution >= 4 is 17.6 Å². The second kappa shape index (κ2) is 8.57. The summed E-state index contributed by atoms with van der Waals surface area (Å²) >= 11 is 0. The van der Waals surface area contributed by atoms with Crippen LogP contribution in [0.5, 0.6) is 0 Å². The van der Waals surface area contributed by atoms with Crippen molar-refractivity contribution in [3.05, 3.63) is 82.4 Å². The van der Waals surface area contributed by atoms with Crippen LogP contribution in [-0.4, -0.2) is 35.2 Å². The van der Waals surface area contributed by atoms with Gasteiger partial charge in [0.05, 0.1) is 12.7 Å². The van der Waals surface area contributed by atoms with Crippen molar-refractivity contribution in [3.8, 4) is 0 Å². The third-order valence-electron chi connectivity index (χ3n) is 6.29. The molecule has 4 heteroatoms. The number of aliphatic carboxylic acids is 1. The van der Waals surface area contributed by atoms with E-state index in [1.54, 1.807) is 6.08 Å². The monoisotopic (exact) mass is 405 g/mol. The van der Waals surface area contributed by atoms with Crippen LogP contribution in [0.15, 0.2) is 60.2 Å². The van der Waals surface area contributed by atoms with Crippen molar-refractivity contribution in [2.24, 2.45) is 5.92 Å². The van der Waals surface area contributed by atoms with Gasteiger partial charge in [-0.25, -0.2) is 4.79 Å². The Morgan fingerprint density at radius 1 is 1.23 bits per heavy atom. The third-order valence-corrected chi connectivity index (χ3v) is 6.29. The van der Waals surface area contributed by atoms with Gasteiger partial charge >= 0.3 is 5.97 Å². The summed E-state index contributed by atoms with van der Waals surface area (Å²) in [7, 11) is 0.